The van der Waals surface area contributed by atoms with Crippen LogP contribution in [0.15, 0.2) is 4.99 Å². The Balaban J connectivity index is 1.98. The number of hydrogen-bond acceptors (Lipinski definition) is 3. The van der Waals surface area contributed by atoms with Crippen LogP contribution in [-0.2, 0) is 4.79 Å². The summed E-state index contributed by atoms with van der Waals surface area (Å²) < 4.78 is -0.496. The van der Waals surface area contributed by atoms with Gasteiger partial charge in [-0.1, -0.05) is 77.6 Å². The molecule has 0 saturated heterocycles. The third-order valence-electron chi connectivity index (χ3n) is 5.17. The lowest BCUT2D eigenvalue weighted by atomic mass is 10.0. The van der Waals surface area contributed by atoms with E-state index in [2.05, 4.69) is 11.9 Å². The average molecular weight is 355 g/mol. The van der Waals surface area contributed by atoms with Gasteiger partial charge in [-0.3, -0.25) is 4.79 Å². The Kier molecular flexibility index (Phi) is 11.7. The highest BCUT2D eigenvalue weighted by Crippen LogP contribution is 2.19. The summed E-state index contributed by atoms with van der Waals surface area (Å²) in [6, 6.07) is 0. The van der Waals surface area contributed by atoms with E-state index in [-0.39, 0.29) is 13.0 Å². The molecule has 0 aliphatic carbocycles. The van der Waals surface area contributed by atoms with Crippen LogP contribution in [0.5, 0.6) is 0 Å². The molecule has 0 bridgehead atoms. The van der Waals surface area contributed by atoms with E-state index in [1.165, 1.54) is 64.2 Å². The second-order valence-electron chi connectivity index (χ2n) is 7.42. The number of hydrogen-bond donors (Lipinski definition) is 1. The molecule has 5 heteroatoms. The van der Waals surface area contributed by atoms with Crippen molar-refractivity contribution >= 4 is 11.8 Å². The second kappa shape index (κ2) is 13.3. The summed E-state index contributed by atoms with van der Waals surface area (Å²) in [7, 11) is 0. The minimum Gasteiger partial charge on any atom is -0.626 e. The van der Waals surface area contributed by atoms with Crippen LogP contribution in [0.2, 0.25) is 0 Å². The zero-order valence-electron chi connectivity index (χ0n) is 16.2. The van der Waals surface area contributed by atoms with E-state index in [0.29, 0.717) is 18.9 Å². The topological polar surface area (TPSA) is 72.7 Å². The maximum absolute atomic E-state index is 12.6. The predicted molar refractivity (Wildman–Crippen MR) is 104 cm³/mol. The number of nitrogens with zero attached hydrogens (tertiary/aromatic N) is 2. The first kappa shape index (κ1) is 22.1. The number of unbranched alkanes of at least 4 members (excludes halogenated alkanes) is 11. The Morgan fingerprint density at radius 1 is 1.00 bits per heavy atom. The lowest BCUT2D eigenvalue weighted by molar-refractivity contribution is -0.783. The van der Waals surface area contributed by atoms with Crippen molar-refractivity contribution in [3.8, 4) is 0 Å². The molecule has 0 aromatic heterocycles. The monoisotopic (exact) mass is 354 g/mol. The quantitative estimate of drug-likeness (QED) is 0.233. The van der Waals surface area contributed by atoms with Gasteiger partial charge >= 0.3 is 5.97 Å². The molecule has 1 unspecified atom stereocenters. The fourth-order valence-electron chi connectivity index (χ4n) is 3.52. The molecule has 0 radical (unpaired) electrons. The summed E-state index contributed by atoms with van der Waals surface area (Å²) >= 11 is 0. The van der Waals surface area contributed by atoms with Gasteiger partial charge in [0.15, 0.2) is 5.84 Å². The Labute approximate surface area is 153 Å². The van der Waals surface area contributed by atoms with Gasteiger partial charge in [0.1, 0.15) is 6.54 Å². The van der Waals surface area contributed by atoms with Crippen molar-refractivity contribution in [1.29, 1.82) is 0 Å². The van der Waals surface area contributed by atoms with E-state index in [4.69, 9.17) is 5.11 Å². The van der Waals surface area contributed by atoms with E-state index in [9.17, 15) is 10.0 Å². The molecule has 0 aromatic rings. The van der Waals surface area contributed by atoms with E-state index < -0.39 is 10.6 Å². The molecule has 0 fully saturated rings. The minimum atomic E-state index is -0.898. The molecule has 0 spiro atoms. The van der Waals surface area contributed by atoms with Gasteiger partial charge in [-0.25, -0.2) is 4.99 Å². The summed E-state index contributed by atoms with van der Waals surface area (Å²) in [5, 5.41) is 21.4. The standard InChI is InChI=1S/C20H38N2O3/c1-2-3-4-5-6-7-8-9-10-11-12-13-14-19-21-16-18-22(19,25)17-15-20(23)24/h2-18H2,1H3,(H,23,24). The Morgan fingerprint density at radius 3 is 2.04 bits per heavy atom. The number of rotatable bonds is 16. The zero-order chi connectivity index (χ0) is 18.4. The molecule has 1 atom stereocenters. The maximum atomic E-state index is 12.6. The van der Waals surface area contributed by atoms with Crippen LogP contribution in [-0.4, -0.2) is 41.2 Å². The Morgan fingerprint density at radius 2 is 1.52 bits per heavy atom. The van der Waals surface area contributed by atoms with Crippen LogP contribution in [0.4, 0.5) is 0 Å². The molecule has 1 aliphatic rings. The fourth-order valence-corrected chi connectivity index (χ4v) is 3.52. The third kappa shape index (κ3) is 9.95. The first-order chi connectivity index (χ1) is 12.1. The lowest BCUT2D eigenvalue weighted by Crippen LogP contribution is -2.46. The van der Waals surface area contributed by atoms with Crippen molar-refractivity contribution in [2.75, 3.05) is 19.6 Å². The van der Waals surface area contributed by atoms with Gasteiger partial charge in [0.2, 0.25) is 0 Å². The molecule has 0 amide bonds. The normalized spacial score (nSPS) is 20.0. The molecule has 1 heterocycles. The highest BCUT2D eigenvalue weighted by Gasteiger charge is 2.29. The molecule has 1 N–H and O–H groups in total. The van der Waals surface area contributed by atoms with Crippen molar-refractivity contribution in [2.24, 2.45) is 4.99 Å². The molecule has 25 heavy (non-hydrogen) atoms. The molecule has 0 saturated carbocycles. The van der Waals surface area contributed by atoms with E-state index in [1.807, 2.05) is 0 Å². The second-order valence-corrected chi connectivity index (χ2v) is 7.42. The Hall–Kier alpha value is -0.940. The highest BCUT2D eigenvalue weighted by atomic mass is 16.5. The van der Waals surface area contributed by atoms with Crippen LogP contribution >= 0.6 is 0 Å². The van der Waals surface area contributed by atoms with Gasteiger partial charge in [0.25, 0.3) is 0 Å². The molecule has 0 aromatic carbocycles. The van der Waals surface area contributed by atoms with Crippen LogP contribution in [0.25, 0.3) is 0 Å². The third-order valence-corrected chi connectivity index (χ3v) is 5.17. The number of amidine groups is 1. The maximum Gasteiger partial charge on any atom is 0.309 e. The predicted octanol–water partition coefficient (Wildman–Crippen LogP) is 5.28. The summed E-state index contributed by atoms with van der Waals surface area (Å²) in [5.74, 6) is -0.224. The number of carbonyl (C=O) groups is 1. The number of aliphatic carboxylic acids is 1. The first-order valence-corrected chi connectivity index (χ1v) is 10.4. The van der Waals surface area contributed by atoms with Crippen molar-refractivity contribution in [3.63, 3.8) is 0 Å². The van der Waals surface area contributed by atoms with Crippen LogP contribution in [0, 0.1) is 5.21 Å². The molecule has 1 aliphatic heterocycles. The minimum absolute atomic E-state index is 0.0685. The number of hydroxylamine groups is 3. The number of carboxylic acid groups (broad SMARTS) is 1. The molecule has 5 nitrogen and oxygen atoms in total. The fraction of sp³-hybridized carbons (Fsp3) is 0.900. The molecule has 146 valence electrons. The SMILES string of the molecule is CCCCCCCCCCCCCCC1=NCC[N+]1([O-])CCC(=O)O. The van der Waals surface area contributed by atoms with Gasteiger partial charge in [0, 0.05) is 6.42 Å². The van der Waals surface area contributed by atoms with Crippen LogP contribution in [0.3, 0.4) is 0 Å². The summed E-state index contributed by atoms with van der Waals surface area (Å²) in [6.45, 7) is 3.36. The van der Waals surface area contributed by atoms with Crippen molar-refractivity contribution in [3.05, 3.63) is 5.21 Å². The smallest absolute Gasteiger partial charge is 0.309 e. The summed E-state index contributed by atoms with van der Waals surface area (Å²) in [6.07, 6.45) is 16.3. The average Bonchev–Trinajstić information content (AvgIpc) is 2.95. The highest BCUT2D eigenvalue weighted by molar-refractivity contribution is 5.77. The first-order valence-electron chi connectivity index (χ1n) is 10.4. The largest absolute Gasteiger partial charge is 0.626 e. The van der Waals surface area contributed by atoms with Gasteiger partial charge in [-0.2, -0.15) is 0 Å². The van der Waals surface area contributed by atoms with Gasteiger partial charge in [0.05, 0.1) is 19.5 Å². The van der Waals surface area contributed by atoms with E-state index >= 15 is 0 Å². The van der Waals surface area contributed by atoms with Crippen molar-refractivity contribution in [1.82, 2.24) is 0 Å². The van der Waals surface area contributed by atoms with Crippen molar-refractivity contribution in [2.45, 2.75) is 96.8 Å². The zero-order valence-corrected chi connectivity index (χ0v) is 16.2. The lowest BCUT2D eigenvalue weighted by Gasteiger charge is -2.38. The summed E-state index contributed by atoms with van der Waals surface area (Å²) in [5.41, 5.74) is 0. The van der Waals surface area contributed by atoms with Gasteiger partial charge in [-0.05, 0) is 6.42 Å². The molecular weight excluding hydrogens is 316 g/mol. The Bertz CT molecular complexity index is 398. The molecular formula is C20H38N2O3. The number of carboxylic acids is 1. The number of quaternary nitrogens is 1. The van der Waals surface area contributed by atoms with E-state index in [1.54, 1.807) is 0 Å². The van der Waals surface area contributed by atoms with Crippen LogP contribution in [0.1, 0.15) is 96.8 Å². The number of aliphatic imine (C=N–C) groups is 1. The van der Waals surface area contributed by atoms with Crippen LogP contribution < -0.4 is 0 Å². The van der Waals surface area contributed by atoms with Gasteiger partial charge < -0.3 is 15.0 Å². The molecule has 1 rings (SSSR count). The summed E-state index contributed by atoms with van der Waals surface area (Å²) in [4.78, 5) is 15.0. The van der Waals surface area contributed by atoms with Gasteiger partial charge in [-0.15, -0.1) is 0 Å². The van der Waals surface area contributed by atoms with Crippen molar-refractivity contribution < 1.29 is 14.5 Å². The van der Waals surface area contributed by atoms with E-state index in [0.717, 1.165) is 19.3 Å².